The zero-order valence-electron chi connectivity index (χ0n) is 16.5. The van der Waals surface area contributed by atoms with Crippen LogP contribution in [0, 0.1) is 12.7 Å². The van der Waals surface area contributed by atoms with Gasteiger partial charge in [0, 0.05) is 5.69 Å². The van der Waals surface area contributed by atoms with Crippen LogP contribution in [0.25, 0.3) is 0 Å². The topological polar surface area (TPSA) is 96.9 Å². The fourth-order valence-corrected chi connectivity index (χ4v) is 2.41. The highest BCUT2D eigenvalue weighted by Crippen LogP contribution is 2.14. The third-order valence-corrected chi connectivity index (χ3v) is 4.07. The van der Waals surface area contributed by atoms with E-state index in [0.29, 0.717) is 16.9 Å². The molecule has 8 heteroatoms. The summed E-state index contributed by atoms with van der Waals surface area (Å²) < 4.78 is 18.2. The summed E-state index contributed by atoms with van der Waals surface area (Å²) in [6.07, 6.45) is 1.33. The highest BCUT2D eigenvalue weighted by molar-refractivity contribution is 6.39. The van der Waals surface area contributed by atoms with E-state index in [0.717, 1.165) is 17.7 Å². The SMILES string of the molecule is Cc1ccc(C(=O)Oc2ccc(/C=N/NC(=O)C(=O)Nc3ccc(F)cc3)cc2)cc1. The third-order valence-electron chi connectivity index (χ3n) is 4.07. The number of hydrogen-bond acceptors (Lipinski definition) is 5. The summed E-state index contributed by atoms with van der Waals surface area (Å²) in [5, 5.41) is 6.03. The van der Waals surface area contributed by atoms with E-state index in [2.05, 4.69) is 15.8 Å². The number of carbonyl (C=O) groups is 3. The number of ether oxygens (including phenoxy) is 1. The highest BCUT2D eigenvalue weighted by Gasteiger charge is 2.13. The fourth-order valence-electron chi connectivity index (χ4n) is 2.41. The molecule has 0 heterocycles. The zero-order valence-corrected chi connectivity index (χ0v) is 16.5. The number of benzene rings is 3. The van der Waals surface area contributed by atoms with Gasteiger partial charge in [0.25, 0.3) is 0 Å². The van der Waals surface area contributed by atoms with Crippen molar-refractivity contribution in [2.45, 2.75) is 6.92 Å². The number of aryl methyl sites for hydroxylation is 1. The predicted molar refractivity (Wildman–Crippen MR) is 113 cm³/mol. The van der Waals surface area contributed by atoms with Crippen LogP contribution in [0.15, 0.2) is 77.9 Å². The maximum absolute atomic E-state index is 12.9. The van der Waals surface area contributed by atoms with Gasteiger partial charge in [-0.1, -0.05) is 17.7 Å². The van der Waals surface area contributed by atoms with E-state index in [-0.39, 0.29) is 5.69 Å². The van der Waals surface area contributed by atoms with Crippen molar-refractivity contribution in [2.75, 3.05) is 5.32 Å². The van der Waals surface area contributed by atoms with Crippen molar-refractivity contribution >= 4 is 29.7 Å². The molecule has 0 aliphatic rings. The summed E-state index contributed by atoms with van der Waals surface area (Å²) in [6, 6.07) is 18.4. The van der Waals surface area contributed by atoms with Gasteiger partial charge in [-0.3, -0.25) is 9.59 Å². The Morgan fingerprint density at radius 1 is 0.871 bits per heavy atom. The lowest BCUT2D eigenvalue weighted by Gasteiger charge is -2.05. The van der Waals surface area contributed by atoms with Crippen LogP contribution in [0.5, 0.6) is 5.75 Å². The largest absolute Gasteiger partial charge is 0.423 e. The molecule has 2 amide bonds. The monoisotopic (exact) mass is 419 g/mol. The van der Waals surface area contributed by atoms with Gasteiger partial charge < -0.3 is 10.1 Å². The minimum absolute atomic E-state index is 0.279. The average Bonchev–Trinajstić information content (AvgIpc) is 2.77. The molecule has 0 radical (unpaired) electrons. The van der Waals surface area contributed by atoms with Gasteiger partial charge in [0.05, 0.1) is 11.8 Å². The molecule has 7 nitrogen and oxygen atoms in total. The lowest BCUT2D eigenvalue weighted by Crippen LogP contribution is -2.32. The molecule has 31 heavy (non-hydrogen) atoms. The smallest absolute Gasteiger partial charge is 0.343 e. The molecular formula is C23H18FN3O4. The molecule has 0 saturated carbocycles. The molecular weight excluding hydrogens is 401 g/mol. The molecule has 0 atom stereocenters. The van der Waals surface area contributed by atoms with Gasteiger partial charge >= 0.3 is 17.8 Å². The normalized spacial score (nSPS) is 10.5. The Labute approximate surface area is 177 Å². The second kappa shape index (κ2) is 9.93. The number of carbonyl (C=O) groups excluding carboxylic acids is 3. The van der Waals surface area contributed by atoms with Gasteiger partial charge in [-0.2, -0.15) is 5.10 Å². The van der Waals surface area contributed by atoms with Crippen molar-refractivity contribution in [1.82, 2.24) is 5.43 Å². The summed E-state index contributed by atoms with van der Waals surface area (Å²) in [4.78, 5) is 35.7. The summed E-state index contributed by atoms with van der Waals surface area (Å²) in [5.74, 6) is -2.50. The molecule has 3 aromatic carbocycles. The van der Waals surface area contributed by atoms with Gasteiger partial charge in [0.15, 0.2) is 0 Å². The van der Waals surface area contributed by atoms with Crippen molar-refractivity contribution in [3.05, 3.63) is 95.3 Å². The van der Waals surface area contributed by atoms with E-state index >= 15 is 0 Å². The second-order valence-corrected chi connectivity index (χ2v) is 6.48. The minimum atomic E-state index is -0.982. The molecule has 0 aliphatic carbocycles. The van der Waals surface area contributed by atoms with Gasteiger partial charge in [-0.15, -0.1) is 0 Å². The standard InChI is InChI=1S/C23H18FN3O4/c1-15-2-6-17(7-3-15)23(30)31-20-12-4-16(5-13-20)14-25-27-22(29)21(28)26-19-10-8-18(24)9-11-19/h2-14H,1H3,(H,26,28)(H,27,29)/b25-14+. The Balaban J connectivity index is 1.50. The number of rotatable bonds is 5. The van der Waals surface area contributed by atoms with Crippen molar-refractivity contribution in [3.63, 3.8) is 0 Å². The Hall–Kier alpha value is -4.33. The van der Waals surface area contributed by atoms with Crippen LogP contribution in [-0.4, -0.2) is 24.0 Å². The number of hydrazone groups is 1. The first-order chi connectivity index (χ1) is 14.9. The van der Waals surface area contributed by atoms with E-state index in [9.17, 15) is 18.8 Å². The van der Waals surface area contributed by atoms with Crippen molar-refractivity contribution < 1.29 is 23.5 Å². The number of anilines is 1. The Kier molecular flexibility index (Phi) is 6.85. The molecule has 0 fully saturated rings. The number of halogens is 1. The summed E-state index contributed by atoms with van der Waals surface area (Å²) in [6.45, 7) is 1.93. The van der Waals surface area contributed by atoms with E-state index in [1.165, 1.54) is 18.3 Å². The number of esters is 1. The maximum Gasteiger partial charge on any atom is 0.343 e. The van der Waals surface area contributed by atoms with Crippen LogP contribution >= 0.6 is 0 Å². The molecule has 3 aromatic rings. The predicted octanol–water partition coefficient (Wildman–Crippen LogP) is 3.44. The lowest BCUT2D eigenvalue weighted by atomic mass is 10.1. The molecule has 156 valence electrons. The van der Waals surface area contributed by atoms with E-state index in [1.54, 1.807) is 36.4 Å². The Morgan fingerprint density at radius 2 is 1.52 bits per heavy atom. The van der Waals surface area contributed by atoms with Crippen LogP contribution in [-0.2, 0) is 9.59 Å². The number of nitrogens with zero attached hydrogens (tertiary/aromatic N) is 1. The van der Waals surface area contributed by atoms with Crippen molar-refractivity contribution in [1.29, 1.82) is 0 Å². The fraction of sp³-hybridized carbons (Fsp3) is 0.0435. The first kappa shape index (κ1) is 21.4. The average molecular weight is 419 g/mol. The van der Waals surface area contributed by atoms with Crippen LogP contribution in [0.3, 0.4) is 0 Å². The van der Waals surface area contributed by atoms with Crippen molar-refractivity contribution in [2.24, 2.45) is 5.10 Å². The lowest BCUT2D eigenvalue weighted by molar-refractivity contribution is -0.136. The first-order valence-electron chi connectivity index (χ1n) is 9.19. The Morgan fingerprint density at radius 3 is 2.16 bits per heavy atom. The quantitative estimate of drug-likeness (QED) is 0.218. The molecule has 3 rings (SSSR count). The van der Waals surface area contributed by atoms with Crippen LogP contribution < -0.4 is 15.5 Å². The molecule has 0 saturated heterocycles. The summed E-state index contributed by atoms with van der Waals surface area (Å²) >= 11 is 0. The van der Waals surface area contributed by atoms with Crippen LogP contribution in [0.4, 0.5) is 10.1 Å². The molecule has 0 aromatic heterocycles. The molecule has 0 unspecified atom stereocenters. The number of hydrogen-bond donors (Lipinski definition) is 2. The highest BCUT2D eigenvalue weighted by atomic mass is 19.1. The van der Waals surface area contributed by atoms with Crippen molar-refractivity contribution in [3.8, 4) is 5.75 Å². The first-order valence-corrected chi connectivity index (χ1v) is 9.19. The molecule has 0 bridgehead atoms. The third kappa shape index (κ3) is 6.33. The summed E-state index contributed by atoms with van der Waals surface area (Å²) in [7, 11) is 0. The molecule has 0 spiro atoms. The number of nitrogens with one attached hydrogen (secondary N) is 2. The zero-order chi connectivity index (χ0) is 22.2. The van der Waals surface area contributed by atoms with E-state index in [1.807, 2.05) is 19.1 Å². The van der Waals surface area contributed by atoms with Gasteiger partial charge in [0.1, 0.15) is 11.6 Å². The molecule has 2 N–H and O–H groups in total. The summed E-state index contributed by atoms with van der Waals surface area (Å²) in [5.41, 5.74) is 4.46. The number of amides is 2. The van der Waals surface area contributed by atoms with Gasteiger partial charge in [0.2, 0.25) is 0 Å². The Bertz CT molecular complexity index is 1110. The van der Waals surface area contributed by atoms with E-state index in [4.69, 9.17) is 4.74 Å². The maximum atomic E-state index is 12.9. The van der Waals surface area contributed by atoms with Gasteiger partial charge in [-0.05, 0) is 73.2 Å². The van der Waals surface area contributed by atoms with Gasteiger partial charge in [-0.25, -0.2) is 14.6 Å². The second-order valence-electron chi connectivity index (χ2n) is 6.48. The minimum Gasteiger partial charge on any atom is -0.423 e. The molecule has 0 aliphatic heterocycles. The van der Waals surface area contributed by atoms with Crippen LogP contribution in [0.1, 0.15) is 21.5 Å². The van der Waals surface area contributed by atoms with Crippen LogP contribution in [0.2, 0.25) is 0 Å². The van der Waals surface area contributed by atoms with E-state index < -0.39 is 23.6 Å².